The quantitative estimate of drug-likeness (QED) is 0.871. The molecule has 0 spiro atoms. The van der Waals surface area contributed by atoms with Crippen molar-refractivity contribution in [3.05, 3.63) is 69.7 Å². The van der Waals surface area contributed by atoms with Crippen LogP contribution in [0.2, 0.25) is 0 Å². The van der Waals surface area contributed by atoms with Crippen molar-refractivity contribution in [3.63, 3.8) is 0 Å². The first kappa shape index (κ1) is 15.7. The van der Waals surface area contributed by atoms with Gasteiger partial charge in [-0.1, -0.05) is 40.2 Å². The van der Waals surface area contributed by atoms with E-state index in [9.17, 15) is 4.79 Å². The van der Waals surface area contributed by atoms with Crippen LogP contribution in [-0.4, -0.2) is 12.5 Å². The van der Waals surface area contributed by atoms with Crippen molar-refractivity contribution in [3.8, 4) is 0 Å². The Morgan fingerprint density at radius 1 is 1.14 bits per heavy atom. The minimum atomic E-state index is -0.0651. The minimum absolute atomic E-state index is 0.0330. The van der Waals surface area contributed by atoms with E-state index < -0.39 is 0 Å². The minimum Gasteiger partial charge on any atom is -0.346 e. The molecule has 0 aliphatic rings. The number of nitrogens with one attached hydrogen (secondary N) is 1. The van der Waals surface area contributed by atoms with Gasteiger partial charge in [-0.15, -0.1) is 0 Å². The van der Waals surface area contributed by atoms with Crippen LogP contribution in [0, 0.1) is 0 Å². The molecular weight excluding hydrogens is 328 g/mol. The van der Waals surface area contributed by atoms with Crippen LogP contribution in [0.3, 0.4) is 0 Å². The monoisotopic (exact) mass is 346 g/mol. The molecule has 0 fully saturated rings. The van der Waals surface area contributed by atoms with Gasteiger partial charge in [-0.2, -0.15) is 0 Å². The Morgan fingerprint density at radius 3 is 2.33 bits per heavy atom. The maximum Gasteiger partial charge on any atom is 0.251 e. The van der Waals surface area contributed by atoms with Crippen molar-refractivity contribution in [2.75, 3.05) is 6.54 Å². The number of rotatable bonds is 5. The van der Waals surface area contributed by atoms with Gasteiger partial charge in [0.2, 0.25) is 0 Å². The van der Waals surface area contributed by atoms with Crippen LogP contribution in [0.15, 0.2) is 53.0 Å². The molecule has 0 aliphatic heterocycles. The second-order valence-corrected chi connectivity index (χ2v) is 5.90. The number of carbonyl (C=O) groups is 1. The topological polar surface area (TPSA) is 55.1 Å². The highest BCUT2D eigenvalue weighted by Crippen LogP contribution is 2.17. The van der Waals surface area contributed by atoms with E-state index in [1.807, 2.05) is 55.5 Å². The molecule has 3 N–H and O–H groups in total. The Kier molecular flexibility index (Phi) is 5.53. The van der Waals surface area contributed by atoms with Gasteiger partial charge in [-0.05, 0) is 55.3 Å². The number of hydrogen-bond acceptors (Lipinski definition) is 2. The Bertz CT molecular complexity index is 593. The van der Waals surface area contributed by atoms with E-state index in [2.05, 4.69) is 21.2 Å². The number of nitrogens with two attached hydrogens (primary N) is 1. The van der Waals surface area contributed by atoms with Crippen LogP contribution in [0.4, 0.5) is 0 Å². The SMILES string of the molecule is C[C@H](NC(=O)c1ccc(CCN)cc1)c1ccc(Br)cc1. The summed E-state index contributed by atoms with van der Waals surface area (Å²) in [5, 5.41) is 3.00. The normalized spacial score (nSPS) is 12.0. The summed E-state index contributed by atoms with van der Waals surface area (Å²) in [6, 6.07) is 15.5. The first-order valence-electron chi connectivity index (χ1n) is 6.95. The highest BCUT2D eigenvalue weighted by atomic mass is 79.9. The molecule has 0 radical (unpaired) electrons. The zero-order valence-electron chi connectivity index (χ0n) is 12.0. The second-order valence-electron chi connectivity index (χ2n) is 4.98. The van der Waals surface area contributed by atoms with Crippen LogP contribution >= 0.6 is 15.9 Å². The van der Waals surface area contributed by atoms with Crippen molar-refractivity contribution in [1.29, 1.82) is 0 Å². The van der Waals surface area contributed by atoms with E-state index in [1.54, 1.807) is 0 Å². The number of amides is 1. The average molecular weight is 347 g/mol. The van der Waals surface area contributed by atoms with E-state index in [0.29, 0.717) is 12.1 Å². The summed E-state index contributed by atoms with van der Waals surface area (Å²) >= 11 is 3.41. The zero-order chi connectivity index (χ0) is 15.2. The molecule has 21 heavy (non-hydrogen) atoms. The molecule has 0 heterocycles. The summed E-state index contributed by atoms with van der Waals surface area (Å²) in [6.45, 7) is 2.59. The van der Waals surface area contributed by atoms with Gasteiger partial charge in [0.05, 0.1) is 6.04 Å². The number of carbonyl (C=O) groups excluding carboxylic acids is 1. The standard InChI is InChI=1S/C17H19BrN2O/c1-12(14-6-8-16(18)9-7-14)20-17(21)15-4-2-13(3-5-15)10-11-19/h2-9,12H,10-11,19H2,1H3,(H,20,21)/t12-/m0/s1. The molecule has 110 valence electrons. The van der Waals surface area contributed by atoms with E-state index >= 15 is 0 Å². The third kappa shape index (κ3) is 4.41. The molecule has 0 aromatic heterocycles. The lowest BCUT2D eigenvalue weighted by Crippen LogP contribution is -2.26. The smallest absolute Gasteiger partial charge is 0.251 e. The van der Waals surface area contributed by atoms with E-state index in [1.165, 1.54) is 0 Å². The van der Waals surface area contributed by atoms with Crippen molar-refractivity contribution < 1.29 is 4.79 Å². The van der Waals surface area contributed by atoms with Gasteiger partial charge in [0.15, 0.2) is 0 Å². The third-order valence-electron chi connectivity index (χ3n) is 3.37. The lowest BCUT2D eigenvalue weighted by Gasteiger charge is -2.14. The molecule has 0 saturated carbocycles. The molecule has 2 aromatic carbocycles. The lowest BCUT2D eigenvalue weighted by molar-refractivity contribution is 0.0940. The van der Waals surface area contributed by atoms with Crippen LogP contribution in [-0.2, 0) is 6.42 Å². The first-order valence-corrected chi connectivity index (χ1v) is 7.75. The van der Waals surface area contributed by atoms with E-state index in [4.69, 9.17) is 5.73 Å². The zero-order valence-corrected chi connectivity index (χ0v) is 13.6. The molecule has 0 aliphatic carbocycles. The summed E-state index contributed by atoms with van der Waals surface area (Å²) in [4.78, 5) is 12.2. The van der Waals surface area contributed by atoms with Crippen molar-refractivity contribution in [2.24, 2.45) is 5.73 Å². The summed E-state index contributed by atoms with van der Waals surface area (Å²) in [5.41, 5.74) is 8.41. The van der Waals surface area contributed by atoms with Gasteiger partial charge >= 0.3 is 0 Å². The lowest BCUT2D eigenvalue weighted by atomic mass is 10.1. The van der Waals surface area contributed by atoms with Gasteiger partial charge in [0.25, 0.3) is 5.91 Å². The van der Waals surface area contributed by atoms with E-state index in [0.717, 1.165) is 22.0 Å². The summed E-state index contributed by atoms with van der Waals surface area (Å²) < 4.78 is 1.03. The molecule has 1 amide bonds. The fourth-order valence-electron chi connectivity index (χ4n) is 2.10. The highest BCUT2D eigenvalue weighted by molar-refractivity contribution is 9.10. The average Bonchev–Trinajstić information content (AvgIpc) is 2.49. The molecular formula is C17H19BrN2O. The Labute approximate surface area is 133 Å². The summed E-state index contributed by atoms with van der Waals surface area (Å²) in [7, 11) is 0. The second kappa shape index (κ2) is 7.38. The molecule has 2 rings (SSSR count). The number of hydrogen-bond donors (Lipinski definition) is 2. The Morgan fingerprint density at radius 2 is 1.76 bits per heavy atom. The van der Waals surface area contributed by atoms with Crippen molar-refractivity contribution in [1.82, 2.24) is 5.32 Å². The van der Waals surface area contributed by atoms with Gasteiger partial charge in [0, 0.05) is 10.0 Å². The summed E-state index contributed by atoms with van der Waals surface area (Å²) in [6.07, 6.45) is 0.831. The molecule has 4 heteroatoms. The van der Waals surface area contributed by atoms with Gasteiger partial charge < -0.3 is 11.1 Å². The van der Waals surface area contributed by atoms with Crippen LogP contribution in [0.25, 0.3) is 0 Å². The van der Waals surface area contributed by atoms with Crippen LogP contribution in [0.1, 0.15) is 34.5 Å². The maximum atomic E-state index is 12.2. The summed E-state index contributed by atoms with van der Waals surface area (Å²) in [5.74, 6) is -0.0651. The fraction of sp³-hybridized carbons (Fsp3) is 0.235. The number of benzene rings is 2. The number of halogens is 1. The Balaban J connectivity index is 2.01. The van der Waals surface area contributed by atoms with E-state index in [-0.39, 0.29) is 11.9 Å². The molecule has 1 atom stereocenters. The third-order valence-corrected chi connectivity index (χ3v) is 3.90. The van der Waals surface area contributed by atoms with Gasteiger partial charge in [-0.3, -0.25) is 4.79 Å². The molecule has 0 bridgehead atoms. The van der Waals surface area contributed by atoms with Crippen LogP contribution < -0.4 is 11.1 Å². The maximum absolute atomic E-state index is 12.2. The van der Waals surface area contributed by atoms with Gasteiger partial charge in [-0.25, -0.2) is 0 Å². The van der Waals surface area contributed by atoms with Crippen molar-refractivity contribution >= 4 is 21.8 Å². The molecule has 0 saturated heterocycles. The predicted molar refractivity (Wildman–Crippen MR) is 89.2 cm³/mol. The predicted octanol–water partition coefficient (Wildman–Crippen LogP) is 3.44. The van der Waals surface area contributed by atoms with Gasteiger partial charge in [0.1, 0.15) is 0 Å². The largest absolute Gasteiger partial charge is 0.346 e. The Hall–Kier alpha value is -1.65. The molecule has 2 aromatic rings. The highest BCUT2D eigenvalue weighted by Gasteiger charge is 2.11. The van der Waals surface area contributed by atoms with Crippen LogP contribution in [0.5, 0.6) is 0 Å². The molecule has 0 unspecified atom stereocenters. The molecule has 3 nitrogen and oxygen atoms in total. The first-order chi connectivity index (χ1) is 10.1. The fourth-order valence-corrected chi connectivity index (χ4v) is 2.37. The van der Waals surface area contributed by atoms with Crippen molar-refractivity contribution in [2.45, 2.75) is 19.4 Å².